The Hall–Kier alpha value is -2.16. The molecule has 0 aliphatic heterocycles. The molecule has 8 nitrogen and oxygen atoms in total. The van der Waals surface area contributed by atoms with Crippen molar-refractivity contribution in [3.8, 4) is 0 Å². The molecular formula is C18H31N5O3S. The summed E-state index contributed by atoms with van der Waals surface area (Å²) in [6.07, 6.45) is 1.26. The van der Waals surface area contributed by atoms with Gasteiger partial charge in [-0.15, -0.1) is 11.3 Å². The van der Waals surface area contributed by atoms with Crippen molar-refractivity contribution >= 4 is 29.2 Å². The number of carbonyl (C=O) groups is 2. The smallest absolute Gasteiger partial charge is 0.350 e. The van der Waals surface area contributed by atoms with Gasteiger partial charge in [-0.1, -0.05) is 6.92 Å². The monoisotopic (exact) mass is 397 g/mol. The van der Waals surface area contributed by atoms with Gasteiger partial charge in [-0.05, 0) is 34.1 Å². The fraction of sp³-hybridized carbons (Fsp3) is 0.667. The van der Waals surface area contributed by atoms with Gasteiger partial charge >= 0.3 is 5.97 Å². The molecule has 0 aliphatic carbocycles. The standard InChI is InChI=1S/C18H31N5O3S/c1-6-10-20-14(24)9-11-21-18(19-7-2)23-13(5)16-22-12(4)15(27-16)17(25)26-8-3/h13H,6-11H2,1-5H3,(H,20,24)(H2,19,21,23). The number of aryl methyl sites for hydroxylation is 1. The number of carbonyl (C=O) groups excluding carboxylic acids is 2. The largest absolute Gasteiger partial charge is 0.462 e. The Balaban J connectivity index is 2.70. The number of guanidine groups is 1. The third kappa shape index (κ3) is 7.94. The molecule has 1 heterocycles. The average molecular weight is 398 g/mol. The highest BCUT2D eigenvalue weighted by molar-refractivity contribution is 7.13. The van der Waals surface area contributed by atoms with E-state index in [4.69, 9.17) is 4.74 Å². The Bertz CT molecular complexity index is 645. The summed E-state index contributed by atoms with van der Waals surface area (Å²) in [5.74, 6) is 0.266. The molecule has 0 saturated heterocycles. The fourth-order valence-corrected chi connectivity index (χ4v) is 3.16. The van der Waals surface area contributed by atoms with Gasteiger partial charge in [0.15, 0.2) is 5.96 Å². The van der Waals surface area contributed by atoms with E-state index in [9.17, 15) is 9.59 Å². The van der Waals surface area contributed by atoms with E-state index in [-0.39, 0.29) is 17.9 Å². The second-order valence-electron chi connectivity index (χ2n) is 5.91. The lowest BCUT2D eigenvalue weighted by Gasteiger charge is -2.16. The Morgan fingerprint density at radius 2 is 2.00 bits per heavy atom. The van der Waals surface area contributed by atoms with Crippen LogP contribution in [-0.4, -0.2) is 49.1 Å². The first-order valence-corrected chi connectivity index (χ1v) is 10.2. The van der Waals surface area contributed by atoms with Crippen LogP contribution in [0, 0.1) is 6.92 Å². The number of hydrogen-bond acceptors (Lipinski definition) is 6. The van der Waals surface area contributed by atoms with Crippen molar-refractivity contribution in [1.82, 2.24) is 20.9 Å². The molecule has 0 fully saturated rings. The molecule has 1 atom stereocenters. The summed E-state index contributed by atoms with van der Waals surface area (Å²) in [7, 11) is 0. The summed E-state index contributed by atoms with van der Waals surface area (Å²) in [6, 6.07) is -0.136. The van der Waals surface area contributed by atoms with Crippen LogP contribution in [-0.2, 0) is 9.53 Å². The SMILES string of the molecule is CCCNC(=O)CCN=C(NCC)NC(C)c1nc(C)c(C(=O)OCC)s1. The molecule has 152 valence electrons. The van der Waals surface area contributed by atoms with Crippen LogP contribution >= 0.6 is 11.3 Å². The summed E-state index contributed by atoms with van der Waals surface area (Å²) in [5, 5.41) is 10.0. The number of rotatable bonds is 10. The number of aliphatic imine (C=N–C) groups is 1. The number of nitrogens with one attached hydrogen (secondary N) is 3. The number of hydrogen-bond donors (Lipinski definition) is 3. The summed E-state index contributed by atoms with van der Waals surface area (Å²) in [5.41, 5.74) is 0.664. The first kappa shape index (κ1) is 22.9. The fourth-order valence-electron chi connectivity index (χ4n) is 2.20. The van der Waals surface area contributed by atoms with Gasteiger partial charge < -0.3 is 20.7 Å². The van der Waals surface area contributed by atoms with Crippen LogP contribution in [0.25, 0.3) is 0 Å². The lowest BCUT2D eigenvalue weighted by atomic mass is 10.3. The third-order valence-corrected chi connectivity index (χ3v) is 4.84. The van der Waals surface area contributed by atoms with E-state index in [1.165, 1.54) is 11.3 Å². The number of nitrogens with zero attached hydrogens (tertiary/aromatic N) is 2. The van der Waals surface area contributed by atoms with E-state index >= 15 is 0 Å². The van der Waals surface area contributed by atoms with Gasteiger partial charge in [0.2, 0.25) is 5.91 Å². The minimum absolute atomic E-state index is 0.000812. The van der Waals surface area contributed by atoms with Gasteiger partial charge in [-0.25, -0.2) is 9.78 Å². The average Bonchev–Trinajstić information content (AvgIpc) is 3.02. The molecule has 0 aliphatic rings. The van der Waals surface area contributed by atoms with Crippen LogP contribution in [0.15, 0.2) is 4.99 Å². The van der Waals surface area contributed by atoms with Crippen molar-refractivity contribution in [2.24, 2.45) is 4.99 Å². The molecule has 3 N–H and O–H groups in total. The molecule has 1 amide bonds. The van der Waals surface area contributed by atoms with Crippen LogP contribution in [0.2, 0.25) is 0 Å². The van der Waals surface area contributed by atoms with E-state index < -0.39 is 0 Å². The molecule has 1 aromatic heterocycles. The van der Waals surface area contributed by atoms with E-state index in [1.807, 2.05) is 20.8 Å². The first-order valence-electron chi connectivity index (χ1n) is 9.38. The summed E-state index contributed by atoms with van der Waals surface area (Å²) in [4.78, 5) is 33.1. The molecule has 0 radical (unpaired) electrons. The van der Waals surface area contributed by atoms with Gasteiger partial charge in [-0.3, -0.25) is 9.79 Å². The molecular weight excluding hydrogens is 366 g/mol. The quantitative estimate of drug-likeness (QED) is 0.317. The lowest BCUT2D eigenvalue weighted by molar-refractivity contribution is -0.120. The third-order valence-electron chi connectivity index (χ3n) is 3.52. The molecule has 9 heteroatoms. The Morgan fingerprint density at radius 3 is 2.63 bits per heavy atom. The molecule has 0 spiro atoms. The molecule has 1 aromatic rings. The first-order chi connectivity index (χ1) is 12.9. The Morgan fingerprint density at radius 1 is 1.26 bits per heavy atom. The topological polar surface area (TPSA) is 105 Å². The van der Waals surface area contributed by atoms with Crippen molar-refractivity contribution < 1.29 is 14.3 Å². The Kier molecular flexibility index (Phi) is 10.4. The van der Waals surface area contributed by atoms with E-state index in [0.717, 1.165) is 11.4 Å². The van der Waals surface area contributed by atoms with Crippen LogP contribution in [0.1, 0.15) is 67.0 Å². The normalized spacial score (nSPS) is 12.4. The predicted molar refractivity (Wildman–Crippen MR) is 108 cm³/mol. The van der Waals surface area contributed by atoms with E-state index in [0.29, 0.717) is 49.2 Å². The molecule has 0 bridgehead atoms. The van der Waals surface area contributed by atoms with Crippen molar-refractivity contribution in [3.63, 3.8) is 0 Å². The van der Waals surface area contributed by atoms with Crippen LogP contribution < -0.4 is 16.0 Å². The summed E-state index contributed by atoms with van der Waals surface area (Å²) < 4.78 is 5.06. The highest BCUT2D eigenvalue weighted by Crippen LogP contribution is 2.24. The van der Waals surface area contributed by atoms with E-state index in [2.05, 4.69) is 25.9 Å². The summed E-state index contributed by atoms with van der Waals surface area (Å²) in [6.45, 7) is 11.6. The Labute approximate surface area is 165 Å². The van der Waals surface area contributed by atoms with Gasteiger partial charge in [0.1, 0.15) is 9.88 Å². The molecule has 0 aromatic carbocycles. The van der Waals surface area contributed by atoms with Crippen LogP contribution in [0.4, 0.5) is 0 Å². The molecule has 0 saturated carbocycles. The summed E-state index contributed by atoms with van der Waals surface area (Å²) >= 11 is 1.32. The highest BCUT2D eigenvalue weighted by Gasteiger charge is 2.20. The maximum atomic E-state index is 12.0. The van der Waals surface area contributed by atoms with Crippen molar-refractivity contribution in [1.29, 1.82) is 0 Å². The number of esters is 1. The zero-order valence-corrected chi connectivity index (χ0v) is 17.7. The molecule has 1 rings (SSSR count). The zero-order chi connectivity index (χ0) is 20.2. The van der Waals surface area contributed by atoms with Crippen LogP contribution in [0.3, 0.4) is 0 Å². The zero-order valence-electron chi connectivity index (χ0n) is 16.8. The number of ether oxygens (including phenoxy) is 1. The highest BCUT2D eigenvalue weighted by atomic mass is 32.1. The number of thiazole rings is 1. The second kappa shape index (κ2) is 12.3. The number of aromatic nitrogens is 1. The van der Waals surface area contributed by atoms with Gasteiger partial charge in [0, 0.05) is 19.5 Å². The predicted octanol–water partition coefficient (Wildman–Crippen LogP) is 2.16. The van der Waals surface area contributed by atoms with Crippen molar-refractivity contribution in [3.05, 3.63) is 15.6 Å². The van der Waals surface area contributed by atoms with Gasteiger partial charge in [-0.2, -0.15) is 0 Å². The maximum Gasteiger partial charge on any atom is 0.350 e. The van der Waals surface area contributed by atoms with E-state index in [1.54, 1.807) is 13.8 Å². The molecule has 1 unspecified atom stereocenters. The minimum atomic E-state index is -0.343. The van der Waals surface area contributed by atoms with Gasteiger partial charge in [0.05, 0.1) is 24.9 Å². The second-order valence-corrected chi connectivity index (χ2v) is 6.94. The van der Waals surface area contributed by atoms with Crippen LogP contribution in [0.5, 0.6) is 0 Å². The van der Waals surface area contributed by atoms with Crippen molar-refractivity contribution in [2.75, 3.05) is 26.2 Å². The van der Waals surface area contributed by atoms with Crippen molar-refractivity contribution in [2.45, 2.75) is 53.5 Å². The lowest BCUT2D eigenvalue weighted by Crippen LogP contribution is -2.39. The maximum absolute atomic E-state index is 12.0. The number of amides is 1. The molecule has 27 heavy (non-hydrogen) atoms. The minimum Gasteiger partial charge on any atom is -0.462 e. The van der Waals surface area contributed by atoms with Gasteiger partial charge in [0.25, 0.3) is 0 Å².